The zero-order chi connectivity index (χ0) is 16.8. The molecule has 2 aromatic carbocycles. The number of hydrogen-bond acceptors (Lipinski definition) is 4. The normalized spacial score (nSPS) is 18.9. The first-order valence-corrected chi connectivity index (χ1v) is 8.45. The van der Waals surface area contributed by atoms with Crippen molar-refractivity contribution in [2.45, 2.75) is 18.9 Å². The fraction of sp³-hybridized carbons (Fsp3) is 0.263. The SMILES string of the molecule is O=C(c1ccc2c(c1)OCO2)N1CCCC1c1nc2ccccc2[nH]1. The minimum Gasteiger partial charge on any atom is -0.454 e. The summed E-state index contributed by atoms with van der Waals surface area (Å²) < 4.78 is 10.7. The molecule has 1 saturated heterocycles. The predicted molar refractivity (Wildman–Crippen MR) is 91.7 cm³/mol. The number of hydrogen-bond donors (Lipinski definition) is 1. The molecule has 0 radical (unpaired) electrons. The number of likely N-dealkylation sites (tertiary alicyclic amines) is 1. The topological polar surface area (TPSA) is 67.5 Å². The average Bonchev–Trinajstić information content (AvgIpc) is 3.37. The van der Waals surface area contributed by atoms with Gasteiger partial charge in [-0.3, -0.25) is 4.79 Å². The molecule has 0 bridgehead atoms. The lowest BCUT2D eigenvalue weighted by molar-refractivity contribution is 0.0730. The highest BCUT2D eigenvalue weighted by Gasteiger charge is 2.33. The van der Waals surface area contributed by atoms with Crippen LogP contribution in [0.2, 0.25) is 0 Å². The molecule has 1 fully saturated rings. The van der Waals surface area contributed by atoms with E-state index in [2.05, 4.69) is 9.97 Å². The quantitative estimate of drug-likeness (QED) is 0.780. The number of imidazole rings is 1. The van der Waals surface area contributed by atoms with Crippen LogP contribution in [-0.2, 0) is 0 Å². The molecule has 3 aromatic rings. The molecule has 2 aliphatic rings. The molecule has 0 spiro atoms. The van der Waals surface area contributed by atoms with Crippen LogP contribution in [0.1, 0.15) is 35.1 Å². The number of fused-ring (bicyclic) bond motifs is 2. The van der Waals surface area contributed by atoms with Crippen molar-refractivity contribution in [2.75, 3.05) is 13.3 Å². The Morgan fingerprint density at radius 3 is 2.96 bits per heavy atom. The third-order valence-electron chi connectivity index (χ3n) is 4.86. The number of carbonyl (C=O) groups is 1. The van der Waals surface area contributed by atoms with Crippen LogP contribution in [-0.4, -0.2) is 34.1 Å². The Morgan fingerprint density at radius 2 is 2.04 bits per heavy atom. The molecule has 6 nitrogen and oxygen atoms in total. The van der Waals surface area contributed by atoms with E-state index < -0.39 is 0 Å². The fourth-order valence-corrected chi connectivity index (χ4v) is 3.62. The molecule has 1 N–H and O–H groups in total. The summed E-state index contributed by atoms with van der Waals surface area (Å²) in [5, 5.41) is 0. The van der Waals surface area contributed by atoms with Crippen LogP contribution >= 0.6 is 0 Å². The van der Waals surface area contributed by atoms with E-state index in [0.29, 0.717) is 17.1 Å². The summed E-state index contributed by atoms with van der Waals surface area (Å²) in [4.78, 5) is 23.0. The summed E-state index contributed by atoms with van der Waals surface area (Å²) in [5.74, 6) is 2.17. The van der Waals surface area contributed by atoms with E-state index in [1.54, 1.807) is 18.2 Å². The number of nitrogens with zero attached hydrogens (tertiary/aromatic N) is 2. The van der Waals surface area contributed by atoms with E-state index in [4.69, 9.17) is 9.47 Å². The van der Waals surface area contributed by atoms with Crippen molar-refractivity contribution in [1.29, 1.82) is 0 Å². The predicted octanol–water partition coefficient (Wildman–Crippen LogP) is 3.27. The molecule has 1 atom stereocenters. The van der Waals surface area contributed by atoms with Crippen LogP contribution in [0, 0.1) is 0 Å². The Kier molecular flexibility index (Phi) is 3.16. The molecule has 0 saturated carbocycles. The molecule has 0 aliphatic carbocycles. The van der Waals surface area contributed by atoms with Gasteiger partial charge in [-0.1, -0.05) is 12.1 Å². The van der Waals surface area contributed by atoms with Gasteiger partial charge in [0.05, 0.1) is 17.1 Å². The molecule has 3 heterocycles. The van der Waals surface area contributed by atoms with E-state index in [-0.39, 0.29) is 18.7 Å². The van der Waals surface area contributed by atoms with Gasteiger partial charge in [-0.2, -0.15) is 0 Å². The van der Waals surface area contributed by atoms with Crippen LogP contribution in [0.3, 0.4) is 0 Å². The zero-order valence-electron chi connectivity index (χ0n) is 13.6. The lowest BCUT2D eigenvalue weighted by atomic mass is 10.1. The smallest absolute Gasteiger partial charge is 0.254 e. The molecule has 6 heteroatoms. The van der Waals surface area contributed by atoms with Gasteiger partial charge in [0.15, 0.2) is 11.5 Å². The van der Waals surface area contributed by atoms with E-state index in [1.165, 1.54) is 0 Å². The summed E-state index contributed by atoms with van der Waals surface area (Å²) in [6, 6.07) is 13.3. The monoisotopic (exact) mass is 335 g/mol. The number of aromatic amines is 1. The van der Waals surface area contributed by atoms with E-state index in [9.17, 15) is 4.79 Å². The first kappa shape index (κ1) is 14.3. The molecule has 25 heavy (non-hydrogen) atoms. The van der Waals surface area contributed by atoms with Crippen molar-refractivity contribution >= 4 is 16.9 Å². The maximum absolute atomic E-state index is 13.0. The maximum atomic E-state index is 13.0. The van der Waals surface area contributed by atoms with Gasteiger partial charge in [0.1, 0.15) is 5.82 Å². The molecular weight excluding hydrogens is 318 g/mol. The molecule has 1 unspecified atom stereocenters. The second-order valence-electron chi connectivity index (χ2n) is 6.36. The lowest BCUT2D eigenvalue weighted by Gasteiger charge is -2.23. The maximum Gasteiger partial charge on any atom is 0.254 e. The second kappa shape index (κ2) is 5.51. The van der Waals surface area contributed by atoms with Crippen LogP contribution in [0.15, 0.2) is 42.5 Å². The summed E-state index contributed by atoms with van der Waals surface area (Å²) >= 11 is 0. The first-order chi connectivity index (χ1) is 12.3. The number of H-pyrrole nitrogens is 1. The van der Waals surface area contributed by atoms with Crippen molar-refractivity contribution in [3.05, 3.63) is 53.9 Å². The van der Waals surface area contributed by atoms with Gasteiger partial charge >= 0.3 is 0 Å². The second-order valence-corrected chi connectivity index (χ2v) is 6.36. The van der Waals surface area contributed by atoms with E-state index in [0.717, 1.165) is 36.2 Å². The molecule has 1 aromatic heterocycles. The largest absolute Gasteiger partial charge is 0.454 e. The number of carbonyl (C=O) groups excluding carboxylic acids is 1. The highest BCUT2D eigenvalue weighted by Crippen LogP contribution is 2.36. The summed E-state index contributed by atoms with van der Waals surface area (Å²) in [6.07, 6.45) is 1.88. The minimum absolute atomic E-state index is 0.00116. The Labute approximate surface area is 144 Å². The molecule has 2 aliphatic heterocycles. The van der Waals surface area contributed by atoms with Crippen LogP contribution in [0.4, 0.5) is 0 Å². The number of rotatable bonds is 2. The van der Waals surface area contributed by atoms with Crippen molar-refractivity contribution < 1.29 is 14.3 Å². The molecule has 5 rings (SSSR count). The van der Waals surface area contributed by atoms with Crippen LogP contribution in [0.25, 0.3) is 11.0 Å². The fourth-order valence-electron chi connectivity index (χ4n) is 3.62. The van der Waals surface area contributed by atoms with Gasteiger partial charge in [0.25, 0.3) is 5.91 Å². The number of ether oxygens (including phenoxy) is 2. The standard InChI is InChI=1S/C19H17N3O3/c23-19(12-7-8-16-17(10-12)25-11-24-16)22-9-3-6-15(22)18-20-13-4-1-2-5-14(13)21-18/h1-2,4-5,7-8,10,15H,3,6,9,11H2,(H,20,21). The number of aromatic nitrogens is 2. The van der Waals surface area contributed by atoms with Crippen molar-refractivity contribution in [3.63, 3.8) is 0 Å². The number of nitrogens with one attached hydrogen (secondary N) is 1. The Hall–Kier alpha value is -3.02. The average molecular weight is 335 g/mol. The van der Waals surface area contributed by atoms with Crippen LogP contribution in [0.5, 0.6) is 11.5 Å². The lowest BCUT2D eigenvalue weighted by Crippen LogP contribution is -2.31. The number of amides is 1. The first-order valence-electron chi connectivity index (χ1n) is 8.45. The highest BCUT2D eigenvalue weighted by atomic mass is 16.7. The van der Waals surface area contributed by atoms with Gasteiger partial charge in [-0.15, -0.1) is 0 Å². The van der Waals surface area contributed by atoms with Gasteiger partial charge in [-0.25, -0.2) is 4.98 Å². The van der Waals surface area contributed by atoms with E-state index in [1.807, 2.05) is 29.2 Å². The van der Waals surface area contributed by atoms with Gasteiger partial charge in [0.2, 0.25) is 6.79 Å². The number of para-hydroxylation sites is 2. The van der Waals surface area contributed by atoms with Gasteiger partial charge in [-0.05, 0) is 43.2 Å². The Bertz CT molecular complexity index is 932. The molecule has 126 valence electrons. The van der Waals surface area contributed by atoms with Crippen molar-refractivity contribution in [1.82, 2.24) is 14.9 Å². The van der Waals surface area contributed by atoms with Crippen LogP contribution < -0.4 is 9.47 Å². The third kappa shape index (κ3) is 2.33. The minimum atomic E-state index is -0.0228. The van der Waals surface area contributed by atoms with Gasteiger partial charge in [0, 0.05) is 12.1 Å². The van der Waals surface area contributed by atoms with E-state index >= 15 is 0 Å². The Morgan fingerprint density at radius 1 is 1.16 bits per heavy atom. The third-order valence-corrected chi connectivity index (χ3v) is 4.86. The van der Waals surface area contributed by atoms with Gasteiger partial charge < -0.3 is 19.4 Å². The Balaban J connectivity index is 1.47. The summed E-state index contributed by atoms with van der Waals surface area (Å²) in [5.41, 5.74) is 2.55. The summed E-state index contributed by atoms with van der Waals surface area (Å²) in [7, 11) is 0. The molecular formula is C19H17N3O3. The zero-order valence-corrected chi connectivity index (χ0v) is 13.6. The molecule has 1 amide bonds. The van der Waals surface area contributed by atoms with Crippen molar-refractivity contribution in [3.8, 4) is 11.5 Å². The van der Waals surface area contributed by atoms with Crippen molar-refractivity contribution in [2.24, 2.45) is 0 Å². The summed E-state index contributed by atoms with van der Waals surface area (Å²) in [6.45, 7) is 0.938. The highest BCUT2D eigenvalue weighted by molar-refractivity contribution is 5.95. The number of benzene rings is 2.